The van der Waals surface area contributed by atoms with Gasteiger partial charge in [-0.1, -0.05) is 31.5 Å². The van der Waals surface area contributed by atoms with Gasteiger partial charge in [0.1, 0.15) is 5.75 Å². The fourth-order valence-electron chi connectivity index (χ4n) is 2.51. The lowest BCUT2D eigenvalue weighted by molar-refractivity contribution is 0.261. The summed E-state index contributed by atoms with van der Waals surface area (Å²) >= 11 is 6.16. The molecular formula is C15H21ClO. The fourth-order valence-corrected chi connectivity index (χ4v) is 2.66. The molecule has 0 aliphatic carbocycles. The summed E-state index contributed by atoms with van der Waals surface area (Å²) in [6, 6.07) is 8.44. The number of hydrogen-bond donors (Lipinski definition) is 0. The van der Waals surface area contributed by atoms with E-state index in [2.05, 4.69) is 25.1 Å². The van der Waals surface area contributed by atoms with Crippen molar-refractivity contribution in [3.63, 3.8) is 0 Å². The summed E-state index contributed by atoms with van der Waals surface area (Å²) in [7, 11) is 0. The number of hydrogen-bond acceptors (Lipinski definition) is 1. The molecule has 2 heteroatoms. The van der Waals surface area contributed by atoms with Crippen molar-refractivity contribution >= 4 is 11.6 Å². The number of alkyl halides is 1. The van der Waals surface area contributed by atoms with Crippen molar-refractivity contribution in [3.05, 3.63) is 29.8 Å². The van der Waals surface area contributed by atoms with Crippen molar-refractivity contribution in [1.82, 2.24) is 0 Å². The van der Waals surface area contributed by atoms with Crippen molar-refractivity contribution < 1.29 is 4.74 Å². The monoisotopic (exact) mass is 252 g/mol. The van der Waals surface area contributed by atoms with E-state index in [1.54, 1.807) is 0 Å². The highest BCUT2D eigenvalue weighted by Gasteiger charge is 2.20. The zero-order valence-electron chi connectivity index (χ0n) is 10.5. The van der Waals surface area contributed by atoms with Crippen LogP contribution in [0.25, 0.3) is 0 Å². The second kappa shape index (κ2) is 6.30. The van der Waals surface area contributed by atoms with E-state index in [1.807, 2.05) is 6.07 Å². The van der Waals surface area contributed by atoms with Crippen LogP contribution in [-0.2, 0) is 0 Å². The van der Waals surface area contributed by atoms with E-state index in [1.165, 1.54) is 18.4 Å². The van der Waals surface area contributed by atoms with Crippen LogP contribution in [0.15, 0.2) is 24.3 Å². The molecule has 1 aromatic carbocycles. The molecule has 0 aromatic heterocycles. The van der Waals surface area contributed by atoms with Crippen LogP contribution in [0.5, 0.6) is 5.75 Å². The topological polar surface area (TPSA) is 9.23 Å². The zero-order chi connectivity index (χ0) is 12.1. The van der Waals surface area contributed by atoms with E-state index in [4.69, 9.17) is 16.3 Å². The highest BCUT2D eigenvalue weighted by atomic mass is 35.5. The molecule has 0 amide bonds. The van der Waals surface area contributed by atoms with Gasteiger partial charge in [0.2, 0.25) is 0 Å². The van der Waals surface area contributed by atoms with Gasteiger partial charge in [-0.3, -0.25) is 0 Å². The Morgan fingerprint density at radius 1 is 1.41 bits per heavy atom. The van der Waals surface area contributed by atoms with Gasteiger partial charge in [-0.15, -0.1) is 11.6 Å². The van der Waals surface area contributed by atoms with Crippen LogP contribution >= 0.6 is 11.6 Å². The van der Waals surface area contributed by atoms with Crippen molar-refractivity contribution in [3.8, 4) is 5.75 Å². The quantitative estimate of drug-likeness (QED) is 0.688. The van der Waals surface area contributed by atoms with Crippen LogP contribution in [0.2, 0.25) is 0 Å². The molecule has 0 fully saturated rings. The lowest BCUT2D eigenvalue weighted by atomic mass is 9.88. The first-order valence-corrected chi connectivity index (χ1v) is 7.10. The highest BCUT2D eigenvalue weighted by molar-refractivity contribution is 6.20. The minimum atomic E-state index is 0.352. The van der Waals surface area contributed by atoms with Gasteiger partial charge in [-0.05, 0) is 43.2 Å². The molecule has 0 saturated carbocycles. The summed E-state index contributed by atoms with van der Waals surface area (Å²) in [6.07, 6.45) is 5.82. The maximum absolute atomic E-state index is 6.16. The summed E-state index contributed by atoms with van der Waals surface area (Å²) < 4.78 is 5.68. The first-order chi connectivity index (χ1) is 8.31. The average Bonchev–Trinajstić information content (AvgIpc) is 2.39. The van der Waals surface area contributed by atoms with Gasteiger partial charge < -0.3 is 4.74 Å². The number of para-hydroxylation sites is 1. The number of ether oxygens (including phenoxy) is 1. The van der Waals surface area contributed by atoms with Gasteiger partial charge in [-0.2, -0.15) is 0 Å². The van der Waals surface area contributed by atoms with Gasteiger partial charge in [0, 0.05) is 5.38 Å². The first kappa shape index (κ1) is 12.8. The van der Waals surface area contributed by atoms with Crippen molar-refractivity contribution in [2.45, 2.75) is 50.3 Å². The Labute approximate surface area is 109 Å². The van der Waals surface area contributed by atoms with E-state index in [0.29, 0.717) is 11.3 Å². The molecule has 0 spiro atoms. The Morgan fingerprint density at radius 3 is 3.06 bits per heavy atom. The number of halogens is 1. The molecule has 1 aliphatic rings. The van der Waals surface area contributed by atoms with E-state index in [0.717, 1.165) is 31.6 Å². The smallest absolute Gasteiger partial charge is 0.122 e. The number of fused-ring (bicyclic) bond motifs is 1. The summed E-state index contributed by atoms with van der Waals surface area (Å²) in [5.74, 6) is 1.75. The van der Waals surface area contributed by atoms with Crippen LogP contribution in [0, 0.1) is 0 Å². The molecule has 17 heavy (non-hydrogen) atoms. The molecule has 1 aromatic rings. The minimum absolute atomic E-state index is 0.352. The average molecular weight is 253 g/mol. The molecule has 1 heterocycles. The molecule has 1 nitrogen and oxygen atoms in total. The van der Waals surface area contributed by atoms with Crippen molar-refractivity contribution in [2.75, 3.05) is 6.61 Å². The molecule has 94 valence electrons. The molecule has 0 N–H and O–H groups in total. The Bertz CT molecular complexity index is 351. The predicted octanol–water partition coefficient (Wildman–Crippen LogP) is 4.74. The third kappa shape index (κ3) is 3.38. The Kier molecular flexibility index (Phi) is 4.73. The molecule has 2 unspecified atom stereocenters. The molecule has 0 radical (unpaired) electrons. The highest BCUT2D eigenvalue weighted by Crippen LogP contribution is 2.36. The Balaban J connectivity index is 1.90. The Hall–Kier alpha value is -0.690. The number of rotatable bonds is 5. The third-order valence-electron chi connectivity index (χ3n) is 3.60. The zero-order valence-corrected chi connectivity index (χ0v) is 11.2. The standard InChI is InChI=1S/C15H21ClO/c1-2-13(16)7-5-6-12-10-11-17-15-9-4-3-8-14(12)15/h3-4,8-9,12-13H,2,5-7,10-11H2,1H3. The summed E-state index contributed by atoms with van der Waals surface area (Å²) in [5, 5.41) is 0.352. The van der Waals surface area contributed by atoms with E-state index < -0.39 is 0 Å². The van der Waals surface area contributed by atoms with Gasteiger partial charge in [0.05, 0.1) is 6.61 Å². The maximum Gasteiger partial charge on any atom is 0.122 e. The normalized spacial score (nSPS) is 20.5. The molecular weight excluding hydrogens is 232 g/mol. The maximum atomic E-state index is 6.16. The lowest BCUT2D eigenvalue weighted by Gasteiger charge is -2.26. The predicted molar refractivity (Wildman–Crippen MR) is 73.1 cm³/mol. The Morgan fingerprint density at radius 2 is 2.24 bits per heavy atom. The largest absolute Gasteiger partial charge is 0.493 e. The van der Waals surface area contributed by atoms with Gasteiger partial charge in [0.25, 0.3) is 0 Å². The first-order valence-electron chi connectivity index (χ1n) is 6.67. The molecule has 2 rings (SSSR count). The minimum Gasteiger partial charge on any atom is -0.493 e. The third-order valence-corrected chi connectivity index (χ3v) is 4.12. The van der Waals surface area contributed by atoms with Gasteiger partial charge in [-0.25, -0.2) is 0 Å². The van der Waals surface area contributed by atoms with Gasteiger partial charge in [0.15, 0.2) is 0 Å². The SMILES string of the molecule is CCC(Cl)CCCC1CCOc2ccccc21. The molecule has 1 aliphatic heterocycles. The molecule has 0 saturated heterocycles. The molecule has 2 atom stereocenters. The van der Waals surface area contributed by atoms with Crippen LogP contribution in [0.4, 0.5) is 0 Å². The van der Waals surface area contributed by atoms with Crippen molar-refractivity contribution in [1.29, 1.82) is 0 Å². The van der Waals surface area contributed by atoms with Crippen LogP contribution in [-0.4, -0.2) is 12.0 Å². The second-order valence-electron chi connectivity index (χ2n) is 4.81. The van der Waals surface area contributed by atoms with E-state index >= 15 is 0 Å². The summed E-state index contributed by atoms with van der Waals surface area (Å²) in [5.41, 5.74) is 1.39. The van der Waals surface area contributed by atoms with E-state index in [-0.39, 0.29) is 0 Å². The molecule has 0 bridgehead atoms. The van der Waals surface area contributed by atoms with Gasteiger partial charge >= 0.3 is 0 Å². The fraction of sp³-hybridized carbons (Fsp3) is 0.600. The lowest BCUT2D eigenvalue weighted by Crippen LogP contribution is -2.14. The summed E-state index contributed by atoms with van der Waals surface area (Å²) in [6.45, 7) is 3.02. The van der Waals surface area contributed by atoms with Crippen LogP contribution in [0.1, 0.15) is 50.5 Å². The second-order valence-corrected chi connectivity index (χ2v) is 5.43. The number of benzene rings is 1. The summed E-state index contributed by atoms with van der Waals surface area (Å²) in [4.78, 5) is 0. The van der Waals surface area contributed by atoms with Crippen LogP contribution < -0.4 is 4.74 Å². The van der Waals surface area contributed by atoms with Crippen molar-refractivity contribution in [2.24, 2.45) is 0 Å². The van der Waals surface area contributed by atoms with Crippen LogP contribution in [0.3, 0.4) is 0 Å². The van der Waals surface area contributed by atoms with E-state index in [9.17, 15) is 0 Å².